The molecular weight excluding hydrogens is 451 g/mol. The molecule has 2 amide bonds. The number of hydrogen-bond acceptors (Lipinski definition) is 4. The molecule has 0 unspecified atom stereocenters. The third-order valence-corrected chi connectivity index (χ3v) is 5.47. The van der Waals surface area contributed by atoms with E-state index in [9.17, 15) is 14.4 Å². The van der Waals surface area contributed by atoms with E-state index in [2.05, 4.69) is 10.4 Å². The van der Waals surface area contributed by atoms with E-state index in [1.54, 1.807) is 49.4 Å². The molecule has 0 saturated heterocycles. The fraction of sp³-hybridized carbons (Fsp3) is 0.304. The van der Waals surface area contributed by atoms with Crippen molar-refractivity contribution in [2.45, 2.75) is 27.3 Å². The van der Waals surface area contributed by atoms with Gasteiger partial charge in [0.15, 0.2) is 5.69 Å². The lowest BCUT2D eigenvalue weighted by Gasteiger charge is -2.21. The fourth-order valence-corrected chi connectivity index (χ4v) is 3.80. The van der Waals surface area contributed by atoms with Crippen molar-refractivity contribution in [3.8, 4) is 0 Å². The summed E-state index contributed by atoms with van der Waals surface area (Å²) in [5.41, 5.74) is 0.171. The maximum absolute atomic E-state index is 13.4. The summed E-state index contributed by atoms with van der Waals surface area (Å²) < 4.78 is 1.32. The normalized spacial score (nSPS) is 11.1. The van der Waals surface area contributed by atoms with Gasteiger partial charge in [0.25, 0.3) is 11.5 Å². The first kappa shape index (κ1) is 23.8. The number of aromatic nitrogens is 2. The Morgan fingerprint density at radius 1 is 1.06 bits per heavy atom. The molecule has 1 heterocycles. The molecule has 0 bridgehead atoms. The first-order chi connectivity index (χ1) is 15.2. The van der Waals surface area contributed by atoms with E-state index in [1.807, 2.05) is 13.8 Å². The third-order valence-electron chi connectivity index (χ3n) is 4.84. The van der Waals surface area contributed by atoms with Gasteiger partial charge in [-0.3, -0.25) is 14.4 Å². The van der Waals surface area contributed by atoms with Gasteiger partial charge in [0, 0.05) is 18.5 Å². The minimum absolute atomic E-state index is 0.131. The minimum atomic E-state index is -0.449. The van der Waals surface area contributed by atoms with Crippen LogP contribution in [0.25, 0.3) is 10.8 Å². The summed E-state index contributed by atoms with van der Waals surface area (Å²) in [5.74, 6) is -0.727. The van der Waals surface area contributed by atoms with Crippen LogP contribution >= 0.6 is 23.2 Å². The van der Waals surface area contributed by atoms with Crippen LogP contribution in [-0.4, -0.2) is 39.6 Å². The Labute approximate surface area is 195 Å². The Hall–Kier alpha value is -2.90. The highest BCUT2D eigenvalue weighted by atomic mass is 35.5. The average Bonchev–Trinajstić information content (AvgIpc) is 2.76. The zero-order valence-corrected chi connectivity index (χ0v) is 19.6. The van der Waals surface area contributed by atoms with Gasteiger partial charge in [0.2, 0.25) is 5.91 Å². The average molecular weight is 475 g/mol. The van der Waals surface area contributed by atoms with Crippen LogP contribution in [0.5, 0.6) is 0 Å². The monoisotopic (exact) mass is 474 g/mol. The maximum Gasteiger partial charge on any atom is 0.275 e. The highest BCUT2D eigenvalue weighted by Crippen LogP contribution is 2.29. The largest absolute Gasteiger partial charge is 0.328 e. The van der Waals surface area contributed by atoms with Crippen molar-refractivity contribution >= 4 is 51.5 Å². The van der Waals surface area contributed by atoms with Gasteiger partial charge >= 0.3 is 0 Å². The molecule has 2 aromatic carbocycles. The zero-order valence-electron chi connectivity index (χ0n) is 18.1. The highest BCUT2D eigenvalue weighted by Gasteiger charge is 2.24. The van der Waals surface area contributed by atoms with Gasteiger partial charge in [-0.15, -0.1) is 0 Å². The van der Waals surface area contributed by atoms with Crippen molar-refractivity contribution in [3.63, 3.8) is 0 Å². The number of likely N-dealkylation sites (N-methyl/N-ethyl adjacent to an activating group) is 1. The Morgan fingerprint density at radius 3 is 2.28 bits per heavy atom. The summed E-state index contributed by atoms with van der Waals surface area (Å²) in [6.07, 6.45) is 0. The molecule has 3 aromatic rings. The topological polar surface area (TPSA) is 84.3 Å². The van der Waals surface area contributed by atoms with Crippen LogP contribution in [0.4, 0.5) is 5.69 Å². The highest BCUT2D eigenvalue weighted by molar-refractivity contribution is 6.39. The molecule has 0 aliphatic heterocycles. The number of para-hydroxylation sites is 1. The predicted molar refractivity (Wildman–Crippen MR) is 128 cm³/mol. The number of nitrogens with zero attached hydrogens (tertiary/aromatic N) is 3. The molecule has 1 N–H and O–H groups in total. The molecule has 0 atom stereocenters. The lowest BCUT2D eigenvalue weighted by molar-refractivity contribution is -0.116. The number of hydrogen-bond donors (Lipinski definition) is 1. The Kier molecular flexibility index (Phi) is 7.53. The number of anilines is 1. The molecule has 3 rings (SSSR count). The number of halogens is 2. The summed E-state index contributed by atoms with van der Waals surface area (Å²) >= 11 is 12.2. The summed E-state index contributed by atoms with van der Waals surface area (Å²) in [6, 6.07) is 11.7. The Morgan fingerprint density at radius 2 is 1.69 bits per heavy atom. The van der Waals surface area contributed by atoms with Crippen molar-refractivity contribution in [1.82, 2.24) is 14.7 Å². The standard InChI is InChI=1S/C23H24Cl2N4O3/c1-4-28(13-19(30)26-21-17(24)10-7-11-18(21)25)23(32)20-15-8-5-6-9-16(15)22(31)29(27-20)12-14(2)3/h5-11,14H,4,12-13H2,1-3H3,(H,26,30). The molecule has 0 radical (unpaired) electrons. The molecule has 7 nitrogen and oxygen atoms in total. The number of benzene rings is 2. The van der Waals surface area contributed by atoms with Gasteiger partial charge in [-0.1, -0.05) is 61.3 Å². The van der Waals surface area contributed by atoms with Crippen LogP contribution in [0.2, 0.25) is 10.0 Å². The predicted octanol–water partition coefficient (Wildman–Crippen LogP) is 4.46. The van der Waals surface area contributed by atoms with Crippen LogP contribution in [0.1, 0.15) is 31.3 Å². The fourth-order valence-electron chi connectivity index (χ4n) is 3.31. The van der Waals surface area contributed by atoms with Crippen molar-refractivity contribution in [2.75, 3.05) is 18.4 Å². The van der Waals surface area contributed by atoms with Crippen molar-refractivity contribution in [2.24, 2.45) is 5.92 Å². The number of carbonyl (C=O) groups excluding carboxylic acids is 2. The van der Waals surface area contributed by atoms with Crippen LogP contribution in [0.15, 0.2) is 47.3 Å². The van der Waals surface area contributed by atoms with Gasteiger partial charge in [-0.05, 0) is 31.0 Å². The lowest BCUT2D eigenvalue weighted by atomic mass is 10.1. The van der Waals surface area contributed by atoms with Gasteiger partial charge in [-0.2, -0.15) is 5.10 Å². The van der Waals surface area contributed by atoms with Crippen LogP contribution < -0.4 is 10.9 Å². The van der Waals surface area contributed by atoms with Gasteiger partial charge in [0.1, 0.15) is 6.54 Å². The van der Waals surface area contributed by atoms with Crippen LogP contribution in [0.3, 0.4) is 0 Å². The second kappa shape index (κ2) is 10.1. The summed E-state index contributed by atoms with van der Waals surface area (Å²) in [4.78, 5) is 40.2. The van der Waals surface area contributed by atoms with E-state index in [-0.39, 0.29) is 30.3 Å². The van der Waals surface area contributed by atoms with Crippen LogP contribution in [-0.2, 0) is 11.3 Å². The first-order valence-electron chi connectivity index (χ1n) is 10.3. The molecule has 9 heteroatoms. The van der Waals surface area contributed by atoms with E-state index in [0.717, 1.165) is 0 Å². The van der Waals surface area contributed by atoms with Crippen molar-refractivity contribution < 1.29 is 9.59 Å². The van der Waals surface area contributed by atoms with Gasteiger partial charge in [-0.25, -0.2) is 4.68 Å². The van der Waals surface area contributed by atoms with E-state index in [4.69, 9.17) is 23.2 Å². The lowest BCUT2D eigenvalue weighted by Crippen LogP contribution is -2.39. The quantitative estimate of drug-likeness (QED) is 0.547. The number of nitrogens with one attached hydrogen (secondary N) is 1. The van der Waals surface area contributed by atoms with Gasteiger partial charge < -0.3 is 10.2 Å². The summed E-state index contributed by atoms with van der Waals surface area (Å²) in [5, 5.41) is 8.49. The molecule has 0 aliphatic rings. The number of carbonyl (C=O) groups is 2. The van der Waals surface area contributed by atoms with E-state index in [1.165, 1.54) is 9.58 Å². The van der Waals surface area contributed by atoms with Crippen molar-refractivity contribution in [1.29, 1.82) is 0 Å². The van der Waals surface area contributed by atoms with E-state index < -0.39 is 11.8 Å². The second-order valence-electron chi connectivity index (χ2n) is 7.74. The molecule has 168 valence electrons. The van der Waals surface area contributed by atoms with Crippen molar-refractivity contribution in [3.05, 3.63) is 68.6 Å². The molecule has 0 saturated carbocycles. The van der Waals surface area contributed by atoms with Crippen LogP contribution in [0, 0.1) is 5.92 Å². The van der Waals surface area contributed by atoms with Gasteiger partial charge in [0.05, 0.1) is 21.1 Å². The van der Waals surface area contributed by atoms with E-state index in [0.29, 0.717) is 33.0 Å². The smallest absolute Gasteiger partial charge is 0.275 e. The summed E-state index contributed by atoms with van der Waals surface area (Å²) in [6.45, 7) is 6.11. The number of fused-ring (bicyclic) bond motifs is 1. The maximum atomic E-state index is 13.4. The number of amides is 2. The molecule has 32 heavy (non-hydrogen) atoms. The SMILES string of the molecule is CCN(CC(=O)Nc1c(Cl)cccc1Cl)C(=O)c1nn(CC(C)C)c(=O)c2ccccc12. The molecular formula is C23H24Cl2N4O3. The third kappa shape index (κ3) is 5.11. The Balaban J connectivity index is 1.93. The number of rotatable bonds is 7. The Bertz CT molecular complexity index is 1200. The molecule has 0 fully saturated rings. The second-order valence-corrected chi connectivity index (χ2v) is 8.55. The minimum Gasteiger partial charge on any atom is -0.328 e. The zero-order chi connectivity index (χ0) is 23.4. The molecule has 1 aromatic heterocycles. The van der Waals surface area contributed by atoms with E-state index >= 15 is 0 Å². The first-order valence-corrected chi connectivity index (χ1v) is 11.0. The molecule has 0 spiro atoms. The summed E-state index contributed by atoms with van der Waals surface area (Å²) in [7, 11) is 0. The molecule has 0 aliphatic carbocycles.